The first-order valence-electron chi connectivity index (χ1n) is 7.23. The van der Waals surface area contributed by atoms with Crippen molar-refractivity contribution >= 4 is 27.7 Å². The third-order valence-corrected chi connectivity index (χ3v) is 5.40. The fourth-order valence-electron chi connectivity index (χ4n) is 2.74. The Balaban J connectivity index is 1.96. The average Bonchev–Trinajstić information content (AvgIpc) is 2.95. The van der Waals surface area contributed by atoms with Crippen LogP contribution in [0.2, 0.25) is 0 Å². The first-order chi connectivity index (χ1) is 10.8. The Hall–Kier alpha value is -1.59. The summed E-state index contributed by atoms with van der Waals surface area (Å²) in [6, 6.07) is 12.5. The molecule has 5 heteroatoms. The Labute approximate surface area is 141 Å². The van der Waals surface area contributed by atoms with Crippen molar-refractivity contribution in [1.82, 2.24) is 14.8 Å². The monoisotopic (exact) mass is 371 g/mol. The van der Waals surface area contributed by atoms with Gasteiger partial charge in [-0.3, -0.25) is 9.67 Å². The molecular formula is C17H14BrN3S. The highest BCUT2D eigenvalue weighted by molar-refractivity contribution is 9.10. The molecule has 0 amide bonds. The lowest BCUT2D eigenvalue weighted by Crippen LogP contribution is -2.08. The van der Waals surface area contributed by atoms with Crippen LogP contribution in [0.5, 0.6) is 0 Å². The third kappa shape index (κ3) is 2.48. The summed E-state index contributed by atoms with van der Waals surface area (Å²) in [5.41, 5.74) is 4.60. The number of nitrogens with zero attached hydrogens (tertiary/aromatic N) is 3. The van der Waals surface area contributed by atoms with Crippen LogP contribution < -0.4 is 0 Å². The van der Waals surface area contributed by atoms with Gasteiger partial charge in [-0.05, 0) is 36.2 Å². The van der Waals surface area contributed by atoms with E-state index in [1.165, 1.54) is 22.6 Å². The quantitative estimate of drug-likeness (QED) is 0.643. The number of rotatable bonds is 2. The predicted molar refractivity (Wildman–Crippen MR) is 93.9 cm³/mol. The van der Waals surface area contributed by atoms with Crippen molar-refractivity contribution in [2.75, 3.05) is 5.75 Å². The maximum Gasteiger partial charge on any atom is 0.102 e. The van der Waals surface area contributed by atoms with Gasteiger partial charge in [-0.25, -0.2) is 0 Å². The molecule has 2 aromatic heterocycles. The van der Waals surface area contributed by atoms with Crippen molar-refractivity contribution in [3.63, 3.8) is 0 Å². The van der Waals surface area contributed by atoms with E-state index in [1.807, 2.05) is 30.2 Å². The molecule has 0 bridgehead atoms. The maximum atomic E-state index is 4.89. The minimum atomic E-state index is 0.994. The molecule has 0 saturated heterocycles. The van der Waals surface area contributed by atoms with Crippen LogP contribution in [0.3, 0.4) is 0 Å². The Kier molecular flexibility index (Phi) is 3.76. The van der Waals surface area contributed by atoms with Crippen LogP contribution in [-0.2, 0) is 6.54 Å². The van der Waals surface area contributed by atoms with Gasteiger partial charge in [0.25, 0.3) is 0 Å². The number of aromatic nitrogens is 3. The first-order valence-corrected chi connectivity index (χ1v) is 9.01. The second-order valence-electron chi connectivity index (χ2n) is 5.20. The van der Waals surface area contributed by atoms with Gasteiger partial charge in [0.05, 0.1) is 0 Å². The van der Waals surface area contributed by atoms with Crippen LogP contribution in [0.25, 0.3) is 22.4 Å². The molecule has 0 aliphatic carbocycles. The highest BCUT2D eigenvalue weighted by atomic mass is 79.9. The molecule has 3 heterocycles. The topological polar surface area (TPSA) is 30.7 Å². The van der Waals surface area contributed by atoms with Gasteiger partial charge in [0.2, 0.25) is 0 Å². The van der Waals surface area contributed by atoms with E-state index in [9.17, 15) is 0 Å². The van der Waals surface area contributed by atoms with Gasteiger partial charge in [0.1, 0.15) is 10.7 Å². The summed E-state index contributed by atoms with van der Waals surface area (Å²) in [7, 11) is 0. The van der Waals surface area contributed by atoms with E-state index in [0.717, 1.165) is 28.0 Å². The number of hydrogen-bond donors (Lipinski definition) is 0. The lowest BCUT2D eigenvalue weighted by molar-refractivity contribution is 0.550. The molecule has 0 radical (unpaired) electrons. The molecule has 3 nitrogen and oxygen atoms in total. The number of fused-ring (bicyclic) bond motifs is 1. The molecule has 4 rings (SSSR count). The summed E-state index contributed by atoms with van der Waals surface area (Å²) in [5, 5.41) is 6.16. The minimum absolute atomic E-state index is 0.994. The summed E-state index contributed by atoms with van der Waals surface area (Å²) in [4.78, 5) is 4.14. The summed E-state index contributed by atoms with van der Waals surface area (Å²) in [6.07, 6.45) is 4.86. The summed E-state index contributed by atoms with van der Waals surface area (Å²) in [5.74, 6) is 1.15. The number of pyridine rings is 1. The molecule has 0 N–H and O–H groups in total. The Morgan fingerprint density at radius 1 is 1.09 bits per heavy atom. The molecule has 3 aromatic rings. The van der Waals surface area contributed by atoms with Crippen LogP contribution >= 0.6 is 27.7 Å². The SMILES string of the molecule is Brc1cccc(-c2nn3c(c2-c2ccncc2)SCCC3)c1. The van der Waals surface area contributed by atoms with Crippen molar-refractivity contribution in [2.24, 2.45) is 0 Å². The normalized spacial score (nSPS) is 13.9. The first kappa shape index (κ1) is 14.0. The molecule has 0 atom stereocenters. The lowest BCUT2D eigenvalue weighted by Gasteiger charge is -2.14. The van der Waals surface area contributed by atoms with E-state index < -0.39 is 0 Å². The highest BCUT2D eigenvalue weighted by Gasteiger charge is 2.23. The van der Waals surface area contributed by atoms with Crippen LogP contribution in [0, 0.1) is 0 Å². The molecule has 1 aliphatic rings. The number of benzene rings is 1. The number of hydrogen-bond acceptors (Lipinski definition) is 3. The van der Waals surface area contributed by atoms with Crippen LogP contribution in [-0.4, -0.2) is 20.5 Å². The Morgan fingerprint density at radius 2 is 1.95 bits per heavy atom. The van der Waals surface area contributed by atoms with Gasteiger partial charge in [-0.1, -0.05) is 28.1 Å². The molecule has 0 saturated carbocycles. The smallest absolute Gasteiger partial charge is 0.102 e. The van der Waals surface area contributed by atoms with E-state index in [0.29, 0.717) is 0 Å². The summed E-state index contributed by atoms with van der Waals surface area (Å²) in [6.45, 7) is 0.994. The van der Waals surface area contributed by atoms with Crippen molar-refractivity contribution in [2.45, 2.75) is 18.0 Å². The van der Waals surface area contributed by atoms with Crippen LogP contribution in [0.1, 0.15) is 6.42 Å². The van der Waals surface area contributed by atoms with E-state index in [1.54, 1.807) is 0 Å². The summed E-state index contributed by atoms with van der Waals surface area (Å²) >= 11 is 5.46. The Morgan fingerprint density at radius 3 is 2.77 bits per heavy atom. The van der Waals surface area contributed by atoms with Crippen LogP contribution in [0.15, 0.2) is 58.3 Å². The predicted octanol–water partition coefficient (Wildman–Crippen LogP) is 4.87. The average molecular weight is 372 g/mol. The van der Waals surface area contributed by atoms with E-state index in [2.05, 4.69) is 55.9 Å². The highest BCUT2D eigenvalue weighted by Crippen LogP contribution is 2.41. The molecule has 0 unspecified atom stereocenters. The molecule has 1 aromatic carbocycles. The van der Waals surface area contributed by atoms with E-state index in [-0.39, 0.29) is 0 Å². The summed E-state index contributed by atoms with van der Waals surface area (Å²) < 4.78 is 3.23. The fourth-order valence-corrected chi connectivity index (χ4v) is 4.25. The number of halogens is 1. The van der Waals surface area contributed by atoms with E-state index >= 15 is 0 Å². The van der Waals surface area contributed by atoms with Gasteiger partial charge < -0.3 is 0 Å². The van der Waals surface area contributed by atoms with Gasteiger partial charge >= 0.3 is 0 Å². The number of aryl methyl sites for hydroxylation is 1. The van der Waals surface area contributed by atoms with Crippen molar-refractivity contribution in [1.29, 1.82) is 0 Å². The zero-order chi connectivity index (χ0) is 14.9. The molecule has 1 aliphatic heterocycles. The lowest BCUT2D eigenvalue weighted by atomic mass is 10.0. The second kappa shape index (κ2) is 5.89. The zero-order valence-corrected chi connectivity index (χ0v) is 14.3. The molecule has 110 valence electrons. The molecule has 22 heavy (non-hydrogen) atoms. The zero-order valence-electron chi connectivity index (χ0n) is 11.9. The number of thioether (sulfide) groups is 1. The Bertz CT molecular complexity index is 814. The van der Waals surface area contributed by atoms with Gasteiger partial charge in [-0.15, -0.1) is 11.8 Å². The molecule has 0 spiro atoms. The van der Waals surface area contributed by atoms with E-state index in [4.69, 9.17) is 5.10 Å². The van der Waals surface area contributed by atoms with Crippen molar-refractivity contribution in [3.05, 3.63) is 53.3 Å². The molecule has 0 fully saturated rings. The van der Waals surface area contributed by atoms with Gasteiger partial charge in [-0.2, -0.15) is 5.10 Å². The minimum Gasteiger partial charge on any atom is -0.265 e. The second-order valence-corrected chi connectivity index (χ2v) is 7.20. The van der Waals surface area contributed by atoms with Gasteiger partial charge in [0, 0.05) is 40.3 Å². The molecular weight excluding hydrogens is 358 g/mol. The standard InChI is InChI=1S/C17H14BrN3S/c18-14-4-1-3-13(11-14)16-15(12-5-7-19-8-6-12)17-21(20-16)9-2-10-22-17/h1,3-8,11H,2,9-10H2. The fraction of sp³-hybridized carbons (Fsp3) is 0.176. The van der Waals surface area contributed by atoms with Crippen molar-refractivity contribution in [3.8, 4) is 22.4 Å². The largest absolute Gasteiger partial charge is 0.265 e. The van der Waals surface area contributed by atoms with Crippen LogP contribution in [0.4, 0.5) is 0 Å². The third-order valence-electron chi connectivity index (χ3n) is 3.73. The van der Waals surface area contributed by atoms with Gasteiger partial charge in [0.15, 0.2) is 0 Å². The maximum absolute atomic E-state index is 4.89. The van der Waals surface area contributed by atoms with Crippen molar-refractivity contribution < 1.29 is 0 Å².